The average molecular weight is 577 g/mol. The van der Waals surface area contributed by atoms with Gasteiger partial charge in [-0.3, -0.25) is 9.97 Å². The molecule has 45 heavy (non-hydrogen) atoms. The van der Waals surface area contributed by atoms with Crippen molar-refractivity contribution in [3.8, 4) is 39.9 Å². The van der Waals surface area contributed by atoms with Gasteiger partial charge >= 0.3 is 0 Å². The quantitative estimate of drug-likeness (QED) is 0.209. The van der Waals surface area contributed by atoms with Crippen LogP contribution < -0.4 is 0 Å². The molecular weight excluding hydrogens is 552 g/mol. The molecule has 4 heterocycles. The summed E-state index contributed by atoms with van der Waals surface area (Å²) in [6.45, 7) is 0. The Balaban J connectivity index is 1.30. The monoisotopic (exact) mass is 576 g/mol. The molecule has 0 atom stereocenters. The van der Waals surface area contributed by atoms with Crippen molar-refractivity contribution in [2.24, 2.45) is 0 Å². The number of hydrogen-bond donors (Lipinski definition) is 0. The van der Waals surface area contributed by atoms with Gasteiger partial charge in [-0.2, -0.15) is 0 Å². The summed E-state index contributed by atoms with van der Waals surface area (Å²) in [5, 5.41) is 4.41. The number of hydrogen-bond acceptors (Lipinski definition) is 5. The molecule has 0 unspecified atom stereocenters. The highest BCUT2D eigenvalue weighted by Crippen LogP contribution is 2.34. The van der Waals surface area contributed by atoms with Crippen LogP contribution in [0.4, 0.5) is 0 Å². The molecule has 0 aliphatic heterocycles. The zero-order chi connectivity index (χ0) is 29.7. The van der Waals surface area contributed by atoms with E-state index in [0.29, 0.717) is 17.5 Å². The van der Waals surface area contributed by atoms with Crippen molar-refractivity contribution in [1.82, 2.24) is 29.5 Å². The average Bonchev–Trinajstić information content (AvgIpc) is 3.45. The topological polar surface area (TPSA) is 69.4 Å². The van der Waals surface area contributed by atoms with Gasteiger partial charge in [-0.25, -0.2) is 15.0 Å². The van der Waals surface area contributed by atoms with Crippen molar-refractivity contribution < 1.29 is 0 Å². The van der Waals surface area contributed by atoms with E-state index in [9.17, 15) is 0 Å². The third kappa shape index (κ3) is 4.15. The highest BCUT2D eigenvalue weighted by atomic mass is 15.0. The Bertz CT molecular complexity index is 2410. The Labute approximate surface area is 258 Å². The van der Waals surface area contributed by atoms with Gasteiger partial charge in [0.1, 0.15) is 0 Å². The lowest BCUT2D eigenvalue weighted by Gasteiger charge is -2.13. The summed E-state index contributed by atoms with van der Waals surface area (Å²) < 4.78 is 2.31. The SMILES string of the molecule is c1cc(-c2nc(-c3cccc4ncccc34)nc(-c3cccc4ncccc34)n2)cc(-n2c3ccccc3c3ccccc32)c1. The van der Waals surface area contributed by atoms with Gasteiger partial charge in [0.15, 0.2) is 17.5 Å². The molecule has 0 N–H and O–H groups in total. The minimum absolute atomic E-state index is 0.594. The lowest BCUT2D eigenvalue weighted by atomic mass is 10.1. The van der Waals surface area contributed by atoms with Gasteiger partial charge in [-0.15, -0.1) is 0 Å². The van der Waals surface area contributed by atoms with E-state index in [4.69, 9.17) is 15.0 Å². The second-order valence-electron chi connectivity index (χ2n) is 11.0. The van der Waals surface area contributed by atoms with Crippen molar-refractivity contribution in [1.29, 1.82) is 0 Å². The van der Waals surface area contributed by atoms with Crippen LogP contribution >= 0.6 is 0 Å². The molecule has 0 saturated carbocycles. The molecule has 4 aromatic heterocycles. The van der Waals surface area contributed by atoms with Crippen molar-refractivity contribution in [2.75, 3.05) is 0 Å². The first kappa shape index (κ1) is 25.2. The molecular formula is C39H24N6. The summed E-state index contributed by atoms with van der Waals surface area (Å²) in [6.07, 6.45) is 3.61. The number of rotatable bonds is 4. The highest BCUT2D eigenvalue weighted by Gasteiger charge is 2.17. The first-order valence-corrected chi connectivity index (χ1v) is 14.9. The summed E-state index contributed by atoms with van der Waals surface area (Å²) >= 11 is 0. The van der Waals surface area contributed by atoms with E-state index in [1.807, 2.05) is 48.5 Å². The number of nitrogens with zero attached hydrogens (tertiary/aromatic N) is 6. The zero-order valence-electron chi connectivity index (χ0n) is 24.0. The van der Waals surface area contributed by atoms with E-state index in [1.54, 1.807) is 12.4 Å². The van der Waals surface area contributed by atoms with Crippen LogP contribution in [0, 0.1) is 0 Å². The molecule has 0 amide bonds. The summed E-state index contributed by atoms with van der Waals surface area (Å²) in [7, 11) is 0. The Morgan fingerprint density at radius 2 is 0.911 bits per heavy atom. The van der Waals surface area contributed by atoms with Crippen molar-refractivity contribution in [3.63, 3.8) is 0 Å². The first-order valence-electron chi connectivity index (χ1n) is 14.9. The fourth-order valence-corrected chi connectivity index (χ4v) is 6.33. The van der Waals surface area contributed by atoms with E-state index in [1.165, 1.54) is 10.8 Å². The largest absolute Gasteiger partial charge is 0.309 e. The summed E-state index contributed by atoms with van der Waals surface area (Å²) in [5.41, 5.74) is 7.83. The van der Waals surface area contributed by atoms with Crippen molar-refractivity contribution >= 4 is 43.6 Å². The van der Waals surface area contributed by atoms with E-state index in [-0.39, 0.29) is 0 Å². The predicted molar refractivity (Wildman–Crippen MR) is 181 cm³/mol. The molecule has 6 heteroatoms. The number of fused-ring (bicyclic) bond motifs is 5. The fraction of sp³-hybridized carbons (Fsp3) is 0. The maximum absolute atomic E-state index is 5.10. The standard InChI is InChI=1S/C39H24N6/c1-3-20-35-29(12-1)30-13-2-4-21-36(30)45(35)26-11-5-10-25(24-26)37-42-38(31-14-6-18-33-27(31)16-8-22-40-33)44-39(43-37)32-15-7-19-34-28(32)17-9-23-41-34/h1-24H. The molecule has 0 radical (unpaired) electrons. The van der Waals surface area contributed by atoms with Crippen LogP contribution in [0.5, 0.6) is 0 Å². The van der Waals surface area contributed by atoms with Crippen LogP contribution in [0.15, 0.2) is 146 Å². The van der Waals surface area contributed by atoms with Gasteiger partial charge in [0.05, 0.1) is 22.1 Å². The molecule has 9 aromatic rings. The highest BCUT2D eigenvalue weighted by molar-refractivity contribution is 6.09. The number of pyridine rings is 2. The Morgan fingerprint density at radius 1 is 0.400 bits per heavy atom. The van der Waals surface area contributed by atoms with Crippen molar-refractivity contribution in [2.45, 2.75) is 0 Å². The lowest BCUT2D eigenvalue weighted by molar-refractivity contribution is 1.07. The number of para-hydroxylation sites is 2. The molecule has 5 aromatic carbocycles. The van der Waals surface area contributed by atoms with Gasteiger partial charge in [-0.05, 0) is 48.5 Å². The third-order valence-electron chi connectivity index (χ3n) is 8.35. The molecule has 6 nitrogen and oxygen atoms in total. The molecule has 0 aliphatic rings. The van der Waals surface area contributed by atoms with E-state index >= 15 is 0 Å². The van der Waals surface area contributed by atoms with Crippen LogP contribution in [0.25, 0.3) is 83.5 Å². The van der Waals surface area contributed by atoms with Crippen LogP contribution in [0.2, 0.25) is 0 Å². The van der Waals surface area contributed by atoms with Gasteiger partial charge in [0, 0.05) is 56.3 Å². The smallest absolute Gasteiger partial charge is 0.164 e. The summed E-state index contributed by atoms with van der Waals surface area (Å²) in [4.78, 5) is 24.4. The Kier molecular flexibility index (Phi) is 5.71. The molecule has 0 fully saturated rings. The molecule has 0 spiro atoms. The lowest BCUT2D eigenvalue weighted by Crippen LogP contribution is -2.02. The Morgan fingerprint density at radius 3 is 1.51 bits per heavy atom. The number of benzene rings is 5. The van der Waals surface area contributed by atoms with E-state index in [0.717, 1.165) is 55.2 Å². The second-order valence-corrected chi connectivity index (χ2v) is 11.0. The van der Waals surface area contributed by atoms with Gasteiger partial charge in [-0.1, -0.05) is 84.9 Å². The molecule has 0 aliphatic carbocycles. The van der Waals surface area contributed by atoms with Crippen LogP contribution in [-0.4, -0.2) is 29.5 Å². The normalized spacial score (nSPS) is 11.6. The Hall–Kier alpha value is -6.27. The van der Waals surface area contributed by atoms with Gasteiger partial charge in [0.2, 0.25) is 0 Å². The fourth-order valence-electron chi connectivity index (χ4n) is 6.33. The molecule has 0 bridgehead atoms. The van der Waals surface area contributed by atoms with Crippen molar-refractivity contribution in [3.05, 3.63) is 146 Å². The zero-order valence-corrected chi connectivity index (χ0v) is 24.0. The van der Waals surface area contributed by atoms with Gasteiger partial charge < -0.3 is 4.57 Å². The van der Waals surface area contributed by atoms with Crippen LogP contribution in [0.1, 0.15) is 0 Å². The van der Waals surface area contributed by atoms with Crippen LogP contribution in [0.3, 0.4) is 0 Å². The predicted octanol–water partition coefficient (Wildman–Crippen LogP) is 9.07. The minimum atomic E-state index is 0.594. The van der Waals surface area contributed by atoms with Gasteiger partial charge in [0.25, 0.3) is 0 Å². The molecule has 210 valence electrons. The third-order valence-corrected chi connectivity index (χ3v) is 8.35. The number of aromatic nitrogens is 6. The summed E-state index contributed by atoms with van der Waals surface area (Å²) in [6, 6.07) is 45.6. The minimum Gasteiger partial charge on any atom is -0.309 e. The maximum atomic E-state index is 5.10. The maximum Gasteiger partial charge on any atom is 0.164 e. The molecule has 9 rings (SSSR count). The summed E-state index contributed by atoms with van der Waals surface area (Å²) in [5.74, 6) is 1.79. The molecule has 0 saturated heterocycles. The van der Waals surface area contributed by atoms with Crippen LogP contribution in [-0.2, 0) is 0 Å². The van der Waals surface area contributed by atoms with E-state index in [2.05, 4.69) is 99.5 Å². The van der Waals surface area contributed by atoms with E-state index < -0.39 is 0 Å². The first-order chi connectivity index (χ1) is 22.3. The second kappa shape index (κ2) is 10.2.